The van der Waals surface area contributed by atoms with Crippen LogP contribution in [0, 0.1) is 0 Å². The number of aliphatic hydroxyl groups excluding tert-OH is 1. The van der Waals surface area contributed by atoms with Crippen LogP contribution in [0.4, 0.5) is 0 Å². The van der Waals surface area contributed by atoms with Crippen molar-refractivity contribution in [1.82, 2.24) is 0 Å². The van der Waals surface area contributed by atoms with Gasteiger partial charge in [0.15, 0.2) is 0 Å². The molecular formula is C49H86O4. The minimum Gasteiger partial charge on any atom is -0.457 e. The lowest BCUT2D eigenvalue weighted by molar-refractivity contribution is -0.154. The average Bonchev–Trinajstić information content (AvgIpc) is 3.16. The predicted octanol–water partition coefficient (Wildman–Crippen LogP) is 15.0. The normalized spacial score (nSPS) is 13.0. The Kier molecular flexibility index (Phi) is 44.1. The molecule has 0 fully saturated rings. The molecule has 0 aromatic rings. The Balaban J connectivity index is 3.51. The van der Waals surface area contributed by atoms with Crippen LogP contribution in [0.2, 0.25) is 0 Å². The van der Waals surface area contributed by atoms with Crippen LogP contribution in [-0.4, -0.2) is 37.0 Å². The number of hydrogen-bond donors (Lipinski definition) is 1. The van der Waals surface area contributed by atoms with E-state index in [1.54, 1.807) is 0 Å². The third kappa shape index (κ3) is 44.1. The predicted molar refractivity (Wildman–Crippen MR) is 232 cm³/mol. The molecule has 0 saturated carbocycles. The molecule has 0 saturated heterocycles. The van der Waals surface area contributed by atoms with Crippen molar-refractivity contribution in [3.8, 4) is 0 Å². The van der Waals surface area contributed by atoms with Gasteiger partial charge in [0.1, 0.15) is 6.10 Å². The van der Waals surface area contributed by atoms with Gasteiger partial charge in [-0.1, -0.05) is 209 Å². The number of esters is 1. The summed E-state index contributed by atoms with van der Waals surface area (Å²) in [6, 6.07) is 0. The summed E-state index contributed by atoms with van der Waals surface area (Å²) in [6.07, 6.45) is 62.6. The molecule has 0 spiro atoms. The van der Waals surface area contributed by atoms with Gasteiger partial charge in [-0.2, -0.15) is 0 Å². The summed E-state index contributed by atoms with van der Waals surface area (Å²) in [5.74, 6) is -0.212. The summed E-state index contributed by atoms with van der Waals surface area (Å²) >= 11 is 0. The fraction of sp³-hybridized carbons (Fsp3) is 0.735. The summed E-state index contributed by atoms with van der Waals surface area (Å²) < 4.78 is 11.1. The number of ether oxygens (including phenoxy) is 2. The number of allylic oxidation sites excluding steroid dienone is 12. The van der Waals surface area contributed by atoms with Crippen LogP contribution in [0.1, 0.15) is 206 Å². The number of rotatable bonds is 41. The van der Waals surface area contributed by atoms with Crippen LogP contribution in [0.5, 0.6) is 0 Å². The Hall–Kier alpha value is -2.17. The van der Waals surface area contributed by atoms with E-state index in [0.717, 1.165) is 77.0 Å². The molecule has 0 aliphatic heterocycles. The monoisotopic (exact) mass is 739 g/mol. The highest BCUT2D eigenvalue weighted by molar-refractivity contribution is 5.69. The zero-order valence-electron chi connectivity index (χ0n) is 35.0. The Bertz CT molecular complexity index is 911. The average molecular weight is 739 g/mol. The van der Waals surface area contributed by atoms with Crippen LogP contribution >= 0.6 is 0 Å². The van der Waals surface area contributed by atoms with Gasteiger partial charge in [-0.15, -0.1) is 0 Å². The number of hydrogen-bond acceptors (Lipinski definition) is 4. The number of carbonyl (C=O) groups excluding carboxylic acids is 1. The first kappa shape index (κ1) is 50.8. The Labute approximate surface area is 329 Å². The molecule has 0 rings (SSSR count). The van der Waals surface area contributed by atoms with Crippen LogP contribution in [0.3, 0.4) is 0 Å². The van der Waals surface area contributed by atoms with Gasteiger partial charge < -0.3 is 14.6 Å². The first-order valence-corrected chi connectivity index (χ1v) is 22.5. The zero-order chi connectivity index (χ0) is 38.4. The van der Waals surface area contributed by atoms with E-state index in [9.17, 15) is 9.90 Å². The van der Waals surface area contributed by atoms with Crippen molar-refractivity contribution in [3.05, 3.63) is 72.9 Å². The minimum absolute atomic E-state index is 0.187. The lowest BCUT2D eigenvalue weighted by Gasteiger charge is -2.15. The first-order chi connectivity index (χ1) is 26.2. The second-order valence-corrected chi connectivity index (χ2v) is 14.7. The van der Waals surface area contributed by atoms with Crippen LogP contribution in [0.25, 0.3) is 0 Å². The van der Waals surface area contributed by atoms with Gasteiger partial charge in [0.05, 0.1) is 13.2 Å². The van der Waals surface area contributed by atoms with E-state index in [4.69, 9.17) is 9.47 Å². The first-order valence-electron chi connectivity index (χ1n) is 22.5. The van der Waals surface area contributed by atoms with Crippen molar-refractivity contribution in [2.45, 2.75) is 213 Å². The van der Waals surface area contributed by atoms with E-state index in [1.165, 1.54) is 109 Å². The molecule has 0 bridgehead atoms. The third-order valence-electron chi connectivity index (χ3n) is 9.55. The molecule has 1 atom stereocenters. The summed E-state index contributed by atoms with van der Waals surface area (Å²) in [7, 11) is 0. The molecule has 0 aromatic carbocycles. The Morgan fingerprint density at radius 3 is 1.26 bits per heavy atom. The number of unbranched alkanes of at least 4 members (excludes halogenated alkanes) is 21. The highest BCUT2D eigenvalue weighted by Gasteiger charge is 2.13. The van der Waals surface area contributed by atoms with Gasteiger partial charge in [-0.05, 0) is 64.2 Å². The molecular weight excluding hydrogens is 653 g/mol. The van der Waals surface area contributed by atoms with Gasteiger partial charge in [0.25, 0.3) is 0 Å². The molecule has 306 valence electrons. The number of carbonyl (C=O) groups is 1. The van der Waals surface area contributed by atoms with Crippen molar-refractivity contribution in [2.24, 2.45) is 0 Å². The van der Waals surface area contributed by atoms with E-state index in [-0.39, 0.29) is 19.2 Å². The van der Waals surface area contributed by atoms with E-state index >= 15 is 0 Å². The van der Waals surface area contributed by atoms with Crippen molar-refractivity contribution in [2.75, 3.05) is 19.8 Å². The minimum atomic E-state index is -0.554. The van der Waals surface area contributed by atoms with Crippen LogP contribution in [-0.2, 0) is 14.3 Å². The smallest absolute Gasteiger partial charge is 0.306 e. The fourth-order valence-electron chi connectivity index (χ4n) is 6.21. The lowest BCUT2D eigenvalue weighted by atomic mass is 10.0. The van der Waals surface area contributed by atoms with Gasteiger partial charge in [0.2, 0.25) is 0 Å². The topological polar surface area (TPSA) is 55.8 Å². The van der Waals surface area contributed by atoms with Crippen molar-refractivity contribution >= 4 is 5.97 Å². The van der Waals surface area contributed by atoms with Crippen LogP contribution < -0.4 is 0 Å². The van der Waals surface area contributed by atoms with E-state index < -0.39 is 6.10 Å². The fourth-order valence-corrected chi connectivity index (χ4v) is 6.21. The maximum Gasteiger partial charge on any atom is 0.306 e. The van der Waals surface area contributed by atoms with E-state index in [2.05, 4.69) is 86.8 Å². The van der Waals surface area contributed by atoms with E-state index in [1.807, 2.05) is 0 Å². The molecule has 1 N–H and O–H groups in total. The second kappa shape index (κ2) is 46.0. The molecule has 53 heavy (non-hydrogen) atoms. The van der Waals surface area contributed by atoms with Gasteiger partial charge in [-0.3, -0.25) is 4.79 Å². The summed E-state index contributed by atoms with van der Waals surface area (Å²) in [4.78, 5) is 12.2. The van der Waals surface area contributed by atoms with Gasteiger partial charge >= 0.3 is 5.97 Å². The molecule has 0 aromatic heterocycles. The van der Waals surface area contributed by atoms with Gasteiger partial charge in [-0.25, -0.2) is 0 Å². The molecule has 4 heteroatoms. The van der Waals surface area contributed by atoms with Crippen molar-refractivity contribution in [3.63, 3.8) is 0 Å². The SMILES string of the molecule is CC/C=C\C/C=C\C/C=C\C/C=C\C/C=C\C/C=C\CCCCCOCC(CO)OC(=O)CCCCCCCCCCCCCCCCCCCCC. The highest BCUT2D eigenvalue weighted by atomic mass is 16.6. The molecule has 0 amide bonds. The van der Waals surface area contributed by atoms with Crippen LogP contribution in [0.15, 0.2) is 72.9 Å². The molecule has 0 aliphatic rings. The number of aliphatic hydroxyl groups is 1. The van der Waals surface area contributed by atoms with Crippen molar-refractivity contribution in [1.29, 1.82) is 0 Å². The third-order valence-corrected chi connectivity index (χ3v) is 9.55. The van der Waals surface area contributed by atoms with E-state index in [0.29, 0.717) is 13.0 Å². The van der Waals surface area contributed by atoms with Crippen molar-refractivity contribution < 1.29 is 19.4 Å². The molecule has 1 unspecified atom stereocenters. The zero-order valence-corrected chi connectivity index (χ0v) is 35.0. The quantitative estimate of drug-likeness (QED) is 0.0385. The molecule has 4 nitrogen and oxygen atoms in total. The summed E-state index contributed by atoms with van der Waals surface area (Å²) in [6.45, 7) is 5.17. The maximum absolute atomic E-state index is 12.2. The van der Waals surface area contributed by atoms with Gasteiger partial charge in [0, 0.05) is 13.0 Å². The Morgan fingerprint density at radius 2 is 0.849 bits per heavy atom. The lowest BCUT2D eigenvalue weighted by Crippen LogP contribution is -2.27. The second-order valence-electron chi connectivity index (χ2n) is 14.7. The molecule has 0 radical (unpaired) electrons. The Morgan fingerprint density at radius 1 is 0.472 bits per heavy atom. The standard InChI is InChI=1S/C49H86O4/c1-3-5-7-9-11-13-15-17-19-21-23-24-25-27-29-31-33-35-37-39-41-43-45-52-47-48(46-50)53-49(51)44-42-40-38-36-34-32-30-28-26-22-20-18-16-14-12-10-8-6-4-2/h5,7,11,13,17,19,23-24,27,29,33,35,48,50H,3-4,6,8-10,12,14-16,18,20-22,25-26,28,30-32,34,36-47H2,1-2H3/b7-5-,13-11-,19-17-,24-23-,29-27-,35-33-. The molecule has 0 heterocycles. The largest absolute Gasteiger partial charge is 0.457 e. The summed E-state index contributed by atoms with van der Waals surface area (Å²) in [5, 5.41) is 9.61. The maximum atomic E-state index is 12.2. The summed E-state index contributed by atoms with van der Waals surface area (Å²) in [5.41, 5.74) is 0. The molecule has 0 aliphatic carbocycles. The highest BCUT2D eigenvalue weighted by Crippen LogP contribution is 2.15.